The van der Waals surface area contributed by atoms with Crippen LogP contribution in [0.4, 0.5) is 0 Å². The molecular formula is C23H23ClN2O4S. The van der Waals surface area contributed by atoms with E-state index in [4.69, 9.17) is 16.3 Å². The van der Waals surface area contributed by atoms with Gasteiger partial charge in [0.15, 0.2) is 6.61 Å². The van der Waals surface area contributed by atoms with Crippen LogP contribution in [0.2, 0.25) is 5.02 Å². The summed E-state index contributed by atoms with van der Waals surface area (Å²) in [5, 5.41) is 6.43. The molecule has 0 radical (unpaired) electrons. The number of ether oxygens (including phenoxy) is 1. The fraction of sp³-hybridized carbons (Fsp3) is 0.261. The second kappa shape index (κ2) is 10.9. The molecule has 1 aromatic heterocycles. The van der Waals surface area contributed by atoms with E-state index in [1.54, 1.807) is 0 Å². The van der Waals surface area contributed by atoms with Crippen LogP contribution in [0.15, 0.2) is 54.6 Å². The molecule has 2 aromatic carbocycles. The van der Waals surface area contributed by atoms with Crippen molar-refractivity contribution in [3.8, 4) is 0 Å². The lowest BCUT2D eigenvalue weighted by atomic mass is 10.1. The Morgan fingerprint density at radius 3 is 2.52 bits per heavy atom. The highest BCUT2D eigenvalue weighted by atomic mass is 35.5. The van der Waals surface area contributed by atoms with Crippen molar-refractivity contribution < 1.29 is 19.1 Å². The Morgan fingerprint density at radius 1 is 1.06 bits per heavy atom. The Bertz CT molecular complexity index is 1070. The van der Waals surface area contributed by atoms with E-state index in [1.807, 2.05) is 61.5 Å². The second-order valence-corrected chi connectivity index (χ2v) is 8.51. The molecule has 3 rings (SSSR count). The smallest absolute Gasteiger partial charge is 0.325 e. The number of carbonyl (C=O) groups excluding carboxylic acids is 3. The van der Waals surface area contributed by atoms with E-state index in [1.165, 1.54) is 16.9 Å². The van der Waals surface area contributed by atoms with Crippen molar-refractivity contribution in [1.29, 1.82) is 0 Å². The van der Waals surface area contributed by atoms with E-state index in [2.05, 4.69) is 10.6 Å². The molecule has 0 spiro atoms. The van der Waals surface area contributed by atoms with Crippen molar-refractivity contribution in [3.05, 3.63) is 70.1 Å². The number of nitrogens with one attached hydrogen (secondary N) is 2. The summed E-state index contributed by atoms with van der Waals surface area (Å²) in [6.07, 6.45) is 1.62. The zero-order valence-corrected chi connectivity index (χ0v) is 18.6. The van der Waals surface area contributed by atoms with Gasteiger partial charge in [-0.05, 0) is 31.4 Å². The van der Waals surface area contributed by atoms with Gasteiger partial charge < -0.3 is 15.4 Å². The summed E-state index contributed by atoms with van der Waals surface area (Å²) >= 11 is 7.52. The molecule has 162 valence electrons. The minimum Gasteiger partial charge on any atom is -0.454 e. The van der Waals surface area contributed by atoms with Crippen molar-refractivity contribution in [2.75, 3.05) is 13.2 Å². The molecular weight excluding hydrogens is 436 g/mol. The number of benzene rings is 2. The van der Waals surface area contributed by atoms with Crippen LogP contribution < -0.4 is 10.6 Å². The van der Waals surface area contributed by atoms with Gasteiger partial charge in [-0.25, -0.2) is 0 Å². The van der Waals surface area contributed by atoms with Gasteiger partial charge in [-0.3, -0.25) is 14.4 Å². The minimum absolute atomic E-state index is 0.0544. The fourth-order valence-corrected chi connectivity index (χ4v) is 4.44. The Hall–Kier alpha value is -2.90. The lowest BCUT2D eigenvalue weighted by molar-refractivity contribution is -0.147. The summed E-state index contributed by atoms with van der Waals surface area (Å²) in [7, 11) is 0. The number of hydrogen-bond acceptors (Lipinski definition) is 5. The van der Waals surface area contributed by atoms with Crippen molar-refractivity contribution in [2.45, 2.75) is 25.8 Å². The zero-order chi connectivity index (χ0) is 22.2. The Morgan fingerprint density at radius 2 is 1.77 bits per heavy atom. The molecule has 6 nitrogen and oxygen atoms in total. The molecule has 0 aliphatic heterocycles. The van der Waals surface area contributed by atoms with Crippen LogP contribution in [0.25, 0.3) is 10.1 Å². The highest BCUT2D eigenvalue weighted by Crippen LogP contribution is 2.34. The number of hydrogen-bond donors (Lipinski definition) is 2. The number of rotatable bonds is 9. The predicted octanol–water partition coefficient (Wildman–Crippen LogP) is 3.97. The molecule has 1 heterocycles. The van der Waals surface area contributed by atoms with Gasteiger partial charge in [0.25, 0.3) is 11.8 Å². The van der Waals surface area contributed by atoms with Crippen LogP contribution >= 0.6 is 22.9 Å². The van der Waals surface area contributed by atoms with E-state index >= 15 is 0 Å². The number of thiophene rings is 1. The molecule has 1 atom stereocenters. The van der Waals surface area contributed by atoms with E-state index in [-0.39, 0.29) is 18.5 Å². The monoisotopic (exact) mass is 458 g/mol. The van der Waals surface area contributed by atoms with Crippen LogP contribution in [-0.4, -0.2) is 37.0 Å². The number of esters is 1. The van der Waals surface area contributed by atoms with E-state index in [9.17, 15) is 14.4 Å². The number of fused-ring (bicyclic) bond motifs is 1. The van der Waals surface area contributed by atoms with Crippen LogP contribution in [0.1, 0.15) is 28.6 Å². The van der Waals surface area contributed by atoms with Gasteiger partial charge in [0, 0.05) is 16.1 Å². The molecule has 0 bridgehead atoms. The topological polar surface area (TPSA) is 84.5 Å². The maximum Gasteiger partial charge on any atom is 0.325 e. The van der Waals surface area contributed by atoms with E-state index in [0.717, 1.165) is 22.9 Å². The molecule has 2 amide bonds. The Kier molecular flexibility index (Phi) is 8.03. The lowest BCUT2D eigenvalue weighted by Gasteiger charge is -2.14. The van der Waals surface area contributed by atoms with Crippen molar-refractivity contribution in [3.63, 3.8) is 0 Å². The molecule has 0 aliphatic rings. The molecule has 0 fully saturated rings. The molecule has 31 heavy (non-hydrogen) atoms. The summed E-state index contributed by atoms with van der Waals surface area (Å²) in [5.41, 5.74) is 1.20. The van der Waals surface area contributed by atoms with Gasteiger partial charge in [-0.15, -0.1) is 11.3 Å². The molecule has 2 N–H and O–H groups in total. The molecule has 0 aliphatic carbocycles. The number of amides is 2. The normalized spacial score (nSPS) is 11.7. The standard InChI is InChI=1S/C23H23ClN2O4S/c1-15(11-12-16-7-3-2-4-8-16)26-19(27)14-30-20(28)13-25-23(29)22-21(24)17-9-5-6-10-18(17)31-22/h2-10,15H,11-14H2,1H3,(H,25,29)(H,26,27). The Labute approximate surface area is 189 Å². The van der Waals surface area contributed by atoms with Gasteiger partial charge in [-0.2, -0.15) is 0 Å². The third-order valence-electron chi connectivity index (χ3n) is 4.61. The first-order valence-electron chi connectivity index (χ1n) is 9.88. The summed E-state index contributed by atoms with van der Waals surface area (Å²) in [4.78, 5) is 36.5. The van der Waals surface area contributed by atoms with Crippen molar-refractivity contribution >= 4 is 50.8 Å². The maximum absolute atomic E-state index is 12.3. The second-order valence-electron chi connectivity index (χ2n) is 7.08. The first-order valence-corrected chi connectivity index (χ1v) is 11.1. The average molecular weight is 459 g/mol. The quantitative estimate of drug-likeness (QED) is 0.475. The highest BCUT2D eigenvalue weighted by molar-refractivity contribution is 7.21. The largest absolute Gasteiger partial charge is 0.454 e. The van der Waals surface area contributed by atoms with Crippen molar-refractivity contribution in [2.24, 2.45) is 0 Å². The molecule has 1 unspecified atom stereocenters. The third kappa shape index (κ3) is 6.54. The number of aryl methyl sites for hydroxylation is 1. The predicted molar refractivity (Wildman–Crippen MR) is 122 cm³/mol. The average Bonchev–Trinajstić information content (AvgIpc) is 3.12. The van der Waals surface area contributed by atoms with Gasteiger partial charge in [0.05, 0.1) is 5.02 Å². The first kappa shape index (κ1) is 22.8. The molecule has 3 aromatic rings. The molecule has 0 saturated carbocycles. The summed E-state index contributed by atoms with van der Waals surface area (Å²) in [5.74, 6) is -1.53. The highest BCUT2D eigenvalue weighted by Gasteiger charge is 2.18. The molecule has 8 heteroatoms. The lowest BCUT2D eigenvalue weighted by Crippen LogP contribution is -2.37. The maximum atomic E-state index is 12.3. The fourth-order valence-electron chi connectivity index (χ4n) is 3.01. The third-order valence-corrected chi connectivity index (χ3v) is 6.29. The number of carbonyl (C=O) groups is 3. The Balaban J connectivity index is 1.37. The van der Waals surface area contributed by atoms with Crippen LogP contribution in [0.3, 0.4) is 0 Å². The van der Waals surface area contributed by atoms with Crippen LogP contribution in [0, 0.1) is 0 Å². The SMILES string of the molecule is CC(CCc1ccccc1)NC(=O)COC(=O)CNC(=O)c1sc2ccccc2c1Cl. The van der Waals surface area contributed by atoms with Gasteiger partial charge in [-0.1, -0.05) is 60.1 Å². The summed E-state index contributed by atoms with van der Waals surface area (Å²) in [6.45, 7) is 1.16. The first-order chi connectivity index (χ1) is 14.9. The van der Waals surface area contributed by atoms with E-state index in [0.29, 0.717) is 9.90 Å². The zero-order valence-electron chi connectivity index (χ0n) is 17.0. The summed E-state index contributed by atoms with van der Waals surface area (Å²) < 4.78 is 5.83. The van der Waals surface area contributed by atoms with Crippen LogP contribution in [0.5, 0.6) is 0 Å². The van der Waals surface area contributed by atoms with Gasteiger partial charge in [0.2, 0.25) is 0 Å². The van der Waals surface area contributed by atoms with Gasteiger partial charge in [0.1, 0.15) is 11.4 Å². The minimum atomic E-state index is -0.697. The number of halogens is 1. The van der Waals surface area contributed by atoms with E-state index < -0.39 is 18.5 Å². The van der Waals surface area contributed by atoms with Crippen molar-refractivity contribution in [1.82, 2.24) is 10.6 Å². The van der Waals surface area contributed by atoms with Gasteiger partial charge >= 0.3 is 5.97 Å². The summed E-state index contributed by atoms with van der Waals surface area (Å²) in [6, 6.07) is 17.3. The van der Waals surface area contributed by atoms with Crippen LogP contribution in [-0.2, 0) is 20.7 Å². The molecule has 0 saturated heterocycles.